The molecule has 0 bridgehead atoms. The monoisotopic (exact) mass is 420 g/mol. The van der Waals surface area contributed by atoms with Crippen LogP contribution >= 0.6 is 23.2 Å². The fourth-order valence-electron chi connectivity index (χ4n) is 2.87. The number of allylic oxidation sites excluding steroid dienone is 1. The Labute approximate surface area is 167 Å². The molecule has 0 aromatic heterocycles. The maximum absolute atomic E-state index is 12.7. The van der Waals surface area contributed by atoms with E-state index in [2.05, 4.69) is 4.74 Å². The number of rotatable bonds is 9. The Hall–Kier alpha value is -1.34. The van der Waals surface area contributed by atoms with Crippen LogP contribution in [0.15, 0.2) is 40.0 Å². The first kappa shape index (κ1) is 20.4. The molecule has 8 heteroatoms. The molecule has 1 aromatic rings. The zero-order valence-corrected chi connectivity index (χ0v) is 16.4. The van der Waals surface area contributed by atoms with Crippen LogP contribution in [0.4, 0.5) is 8.78 Å². The van der Waals surface area contributed by atoms with Gasteiger partial charge in [0.1, 0.15) is 12.7 Å². The molecule has 0 amide bonds. The van der Waals surface area contributed by atoms with Crippen molar-refractivity contribution in [3.05, 3.63) is 45.6 Å². The lowest BCUT2D eigenvalue weighted by atomic mass is 9.99. The zero-order valence-electron chi connectivity index (χ0n) is 14.9. The van der Waals surface area contributed by atoms with Crippen LogP contribution in [0.3, 0.4) is 0 Å². The molecule has 1 aliphatic carbocycles. The number of quaternary nitrogens is 1. The first-order valence-electron chi connectivity index (χ1n) is 8.79. The number of hydrogen-bond acceptors (Lipinski definition) is 3. The van der Waals surface area contributed by atoms with Gasteiger partial charge in [0.2, 0.25) is 0 Å². The summed E-state index contributed by atoms with van der Waals surface area (Å²) in [6, 6.07) is 4.87. The van der Waals surface area contributed by atoms with Gasteiger partial charge in [-0.15, -0.1) is 0 Å². The second-order valence-corrected chi connectivity index (χ2v) is 7.47. The number of hydrogen-bond donors (Lipinski definition) is 1. The molecule has 1 atom stereocenters. The highest BCUT2D eigenvalue weighted by atomic mass is 35.5. The van der Waals surface area contributed by atoms with Gasteiger partial charge in [0.25, 0.3) is 0 Å². The van der Waals surface area contributed by atoms with Crippen LogP contribution in [0, 0.1) is 5.92 Å². The van der Waals surface area contributed by atoms with Crippen LogP contribution < -0.4 is 14.8 Å². The molecule has 2 aliphatic rings. The van der Waals surface area contributed by atoms with Gasteiger partial charge >= 0.3 is 6.61 Å². The van der Waals surface area contributed by atoms with Crippen LogP contribution in [0.5, 0.6) is 11.5 Å². The Morgan fingerprint density at radius 2 is 2.00 bits per heavy atom. The van der Waals surface area contributed by atoms with Crippen LogP contribution in [0.25, 0.3) is 0 Å². The number of halogens is 4. The summed E-state index contributed by atoms with van der Waals surface area (Å²) in [5.74, 6) is 0.796. The molecule has 1 heterocycles. The van der Waals surface area contributed by atoms with E-state index in [9.17, 15) is 8.78 Å². The van der Waals surface area contributed by atoms with E-state index in [4.69, 9.17) is 32.7 Å². The molecular formula is C19H22Cl2F2NO3+. The molecule has 3 rings (SSSR count). The van der Waals surface area contributed by atoms with Crippen LogP contribution in [0.1, 0.15) is 30.9 Å². The minimum atomic E-state index is -2.91. The number of methoxy groups -OCH3 is 1. The SMILES string of the molecule is CO[C@@H](CC1=C(Cl)C[NH2+]C=C1Cl)c1ccc(OC(F)F)c(OCC2CC2)c1. The maximum Gasteiger partial charge on any atom is 0.387 e. The van der Waals surface area contributed by atoms with Gasteiger partial charge in [-0.1, -0.05) is 29.3 Å². The van der Waals surface area contributed by atoms with Crippen molar-refractivity contribution in [2.75, 3.05) is 20.3 Å². The molecule has 27 heavy (non-hydrogen) atoms. The molecule has 1 saturated carbocycles. The van der Waals surface area contributed by atoms with Crippen molar-refractivity contribution in [1.82, 2.24) is 0 Å². The highest BCUT2D eigenvalue weighted by Gasteiger charge is 2.25. The Morgan fingerprint density at radius 3 is 2.63 bits per heavy atom. The van der Waals surface area contributed by atoms with E-state index < -0.39 is 6.61 Å². The molecule has 1 fully saturated rings. The van der Waals surface area contributed by atoms with Crippen molar-refractivity contribution in [1.29, 1.82) is 0 Å². The Kier molecular flexibility index (Phi) is 6.98. The molecule has 1 aliphatic heterocycles. The Balaban J connectivity index is 1.82. The number of ether oxygens (including phenoxy) is 3. The lowest BCUT2D eigenvalue weighted by Gasteiger charge is -2.21. The number of benzene rings is 1. The van der Waals surface area contributed by atoms with E-state index in [-0.39, 0.29) is 11.9 Å². The summed E-state index contributed by atoms with van der Waals surface area (Å²) in [5, 5.41) is 3.15. The molecule has 2 N–H and O–H groups in total. The van der Waals surface area contributed by atoms with Crippen molar-refractivity contribution in [3.63, 3.8) is 0 Å². The molecular weight excluding hydrogens is 399 g/mol. The van der Waals surface area contributed by atoms with E-state index in [1.54, 1.807) is 19.2 Å². The van der Waals surface area contributed by atoms with Gasteiger partial charge in [0.15, 0.2) is 11.5 Å². The maximum atomic E-state index is 12.7. The fraction of sp³-hybridized carbons (Fsp3) is 0.474. The summed E-state index contributed by atoms with van der Waals surface area (Å²) in [6.45, 7) is -1.80. The van der Waals surface area contributed by atoms with E-state index >= 15 is 0 Å². The van der Waals surface area contributed by atoms with Gasteiger partial charge in [-0.05, 0) is 42.0 Å². The molecule has 0 unspecified atom stereocenters. The van der Waals surface area contributed by atoms with Gasteiger partial charge < -0.3 is 19.5 Å². The smallest absolute Gasteiger partial charge is 0.387 e. The van der Waals surface area contributed by atoms with Crippen LogP contribution in [-0.2, 0) is 4.74 Å². The third kappa shape index (κ3) is 5.57. The van der Waals surface area contributed by atoms with Gasteiger partial charge in [0, 0.05) is 13.5 Å². The van der Waals surface area contributed by atoms with Crippen molar-refractivity contribution in [3.8, 4) is 11.5 Å². The van der Waals surface area contributed by atoms with Crippen molar-refractivity contribution < 1.29 is 28.3 Å². The summed E-state index contributed by atoms with van der Waals surface area (Å²) >= 11 is 12.6. The number of nitrogens with two attached hydrogens (primary N) is 1. The van der Waals surface area contributed by atoms with Gasteiger partial charge in [-0.2, -0.15) is 8.78 Å². The Bertz CT molecular complexity index is 736. The topological polar surface area (TPSA) is 44.3 Å². The molecule has 0 saturated heterocycles. The van der Waals surface area contributed by atoms with Crippen LogP contribution in [0.2, 0.25) is 0 Å². The summed E-state index contributed by atoms with van der Waals surface area (Å²) in [5.41, 5.74) is 1.60. The van der Waals surface area contributed by atoms with Crippen molar-refractivity contribution >= 4 is 23.2 Å². The second-order valence-electron chi connectivity index (χ2n) is 6.61. The van der Waals surface area contributed by atoms with Gasteiger partial charge in [-0.25, -0.2) is 0 Å². The third-order valence-corrected chi connectivity index (χ3v) is 5.31. The van der Waals surface area contributed by atoms with Gasteiger partial charge in [0.05, 0.1) is 22.8 Å². The summed E-state index contributed by atoms with van der Waals surface area (Å²) in [6.07, 6.45) is 4.13. The van der Waals surface area contributed by atoms with E-state index in [1.165, 1.54) is 6.07 Å². The summed E-state index contributed by atoms with van der Waals surface area (Å²) in [7, 11) is 1.58. The largest absolute Gasteiger partial charge is 0.489 e. The average Bonchev–Trinajstić information content (AvgIpc) is 3.45. The summed E-state index contributed by atoms with van der Waals surface area (Å²) in [4.78, 5) is 0. The van der Waals surface area contributed by atoms with E-state index in [0.29, 0.717) is 41.3 Å². The third-order valence-electron chi connectivity index (χ3n) is 4.58. The lowest BCUT2D eigenvalue weighted by Crippen LogP contribution is -2.79. The first-order chi connectivity index (χ1) is 13.0. The Morgan fingerprint density at radius 1 is 1.22 bits per heavy atom. The van der Waals surface area contributed by atoms with Gasteiger partial charge in [-0.3, -0.25) is 0 Å². The fourth-order valence-corrected chi connectivity index (χ4v) is 3.47. The summed E-state index contributed by atoms with van der Waals surface area (Å²) < 4.78 is 41.3. The van der Waals surface area contributed by atoms with Crippen molar-refractivity contribution in [2.45, 2.75) is 32.0 Å². The molecule has 4 nitrogen and oxygen atoms in total. The highest BCUT2D eigenvalue weighted by molar-refractivity contribution is 6.35. The number of alkyl halides is 2. The van der Waals surface area contributed by atoms with Crippen LogP contribution in [-0.4, -0.2) is 26.9 Å². The molecule has 0 spiro atoms. The minimum absolute atomic E-state index is 0.0201. The molecule has 0 radical (unpaired) electrons. The highest BCUT2D eigenvalue weighted by Crippen LogP contribution is 2.38. The van der Waals surface area contributed by atoms with E-state index in [1.807, 2.05) is 11.5 Å². The standard InChI is InChI=1S/C19H21Cl2F2NO3/c1-25-17(7-13-14(20)8-24-9-15(13)21)12-4-5-16(27-19(22)23)18(6-12)26-10-11-2-3-11/h4-6,8,11,17,19,24H,2-3,7,9-10H2,1H3/p+1/t17-/m0/s1. The zero-order chi connectivity index (χ0) is 19.4. The first-order valence-corrected chi connectivity index (χ1v) is 9.54. The minimum Gasteiger partial charge on any atom is -0.489 e. The lowest BCUT2D eigenvalue weighted by molar-refractivity contribution is -0.580. The van der Waals surface area contributed by atoms with Crippen molar-refractivity contribution in [2.24, 2.45) is 5.92 Å². The molecule has 148 valence electrons. The normalized spacial score (nSPS) is 18.5. The molecule has 1 aromatic carbocycles. The average molecular weight is 421 g/mol. The van der Waals surface area contributed by atoms with E-state index in [0.717, 1.165) is 24.0 Å². The predicted octanol–water partition coefficient (Wildman–Crippen LogP) is 4.30. The quantitative estimate of drug-likeness (QED) is 0.647. The second kappa shape index (κ2) is 9.24. The predicted molar refractivity (Wildman–Crippen MR) is 99.3 cm³/mol.